The standard InChI is InChI=1S/C25H29NO4/c1-4-12-20-17-21(25(3,30-20)28-5-2)26-22(18-13-8-6-9-14-18)23(29-24(26)27)19-15-10-7-11-16-19/h4,6-11,13-16,20-23H,1,5,12,17H2,2-3H3/t20-,21+,22+,23-,25+/m0/s1. The van der Waals surface area contributed by atoms with Gasteiger partial charge in [0, 0.05) is 6.61 Å². The van der Waals surface area contributed by atoms with Crippen LogP contribution in [0.1, 0.15) is 50.0 Å². The van der Waals surface area contributed by atoms with Crippen LogP contribution in [0.15, 0.2) is 73.3 Å². The molecule has 2 aromatic rings. The van der Waals surface area contributed by atoms with Gasteiger partial charge in [0.05, 0.1) is 12.1 Å². The van der Waals surface area contributed by atoms with Gasteiger partial charge in [-0.05, 0) is 37.8 Å². The summed E-state index contributed by atoms with van der Waals surface area (Å²) in [5.74, 6) is -0.903. The topological polar surface area (TPSA) is 48.0 Å². The van der Waals surface area contributed by atoms with Crippen LogP contribution in [0.25, 0.3) is 0 Å². The monoisotopic (exact) mass is 407 g/mol. The number of ether oxygens (including phenoxy) is 3. The molecule has 0 radical (unpaired) electrons. The molecular formula is C25H29NO4. The molecule has 2 fully saturated rings. The first kappa shape index (κ1) is 20.6. The summed E-state index contributed by atoms with van der Waals surface area (Å²) < 4.78 is 18.3. The highest BCUT2D eigenvalue weighted by atomic mass is 16.7. The van der Waals surface area contributed by atoms with Gasteiger partial charge in [0.25, 0.3) is 0 Å². The highest BCUT2D eigenvalue weighted by Crippen LogP contribution is 2.49. The number of nitrogens with zero attached hydrogens (tertiary/aromatic N) is 1. The van der Waals surface area contributed by atoms with Crippen LogP contribution in [-0.2, 0) is 14.2 Å². The molecule has 158 valence electrons. The molecule has 2 aliphatic heterocycles. The van der Waals surface area contributed by atoms with E-state index in [0.717, 1.165) is 11.1 Å². The van der Waals surface area contributed by atoms with Crippen molar-refractivity contribution in [3.63, 3.8) is 0 Å². The molecule has 0 N–H and O–H groups in total. The summed E-state index contributed by atoms with van der Waals surface area (Å²) in [6.45, 7) is 8.21. The van der Waals surface area contributed by atoms with E-state index in [1.807, 2.05) is 85.5 Å². The van der Waals surface area contributed by atoms with Gasteiger partial charge in [-0.2, -0.15) is 0 Å². The zero-order valence-corrected chi connectivity index (χ0v) is 17.6. The zero-order chi connectivity index (χ0) is 21.1. The van der Waals surface area contributed by atoms with Gasteiger partial charge >= 0.3 is 6.09 Å². The van der Waals surface area contributed by atoms with E-state index < -0.39 is 11.9 Å². The number of hydrogen-bond donors (Lipinski definition) is 0. The Balaban J connectivity index is 1.76. The number of hydrogen-bond acceptors (Lipinski definition) is 4. The van der Waals surface area contributed by atoms with Gasteiger partial charge < -0.3 is 14.2 Å². The van der Waals surface area contributed by atoms with Crippen LogP contribution in [0.3, 0.4) is 0 Å². The lowest BCUT2D eigenvalue weighted by Crippen LogP contribution is -2.51. The van der Waals surface area contributed by atoms with E-state index in [2.05, 4.69) is 6.58 Å². The largest absolute Gasteiger partial charge is 0.439 e. The van der Waals surface area contributed by atoms with Crippen molar-refractivity contribution < 1.29 is 19.0 Å². The van der Waals surface area contributed by atoms with Crippen molar-refractivity contribution in [2.75, 3.05) is 6.61 Å². The maximum absolute atomic E-state index is 13.3. The van der Waals surface area contributed by atoms with E-state index in [4.69, 9.17) is 14.2 Å². The molecule has 4 rings (SSSR count). The van der Waals surface area contributed by atoms with Gasteiger partial charge in [0.2, 0.25) is 0 Å². The third kappa shape index (κ3) is 3.75. The van der Waals surface area contributed by atoms with Crippen molar-refractivity contribution in [3.8, 4) is 0 Å². The Morgan fingerprint density at radius 2 is 1.77 bits per heavy atom. The highest BCUT2D eigenvalue weighted by molar-refractivity contribution is 5.72. The fourth-order valence-electron chi connectivity index (χ4n) is 4.73. The normalized spacial score (nSPS) is 31.0. The van der Waals surface area contributed by atoms with Crippen molar-refractivity contribution in [2.24, 2.45) is 0 Å². The van der Waals surface area contributed by atoms with Gasteiger partial charge in [-0.15, -0.1) is 6.58 Å². The first-order valence-electron chi connectivity index (χ1n) is 10.6. The Bertz CT molecular complexity index is 871. The Morgan fingerprint density at radius 3 is 2.37 bits per heavy atom. The minimum atomic E-state index is -0.903. The van der Waals surface area contributed by atoms with Crippen LogP contribution in [0.2, 0.25) is 0 Å². The number of rotatable bonds is 7. The third-order valence-corrected chi connectivity index (χ3v) is 5.98. The molecule has 30 heavy (non-hydrogen) atoms. The van der Waals surface area contributed by atoms with Crippen LogP contribution < -0.4 is 0 Å². The Kier molecular flexibility index (Phi) is 5.93. The number of amides is 1. The van der Waals surface area contributed by atoms with Gasteiger partial charge in [-0.3, -0.25) is 4.90 Å². The number of carbonyl (C=O) groups is 1. The van der Waals surface area contributed by atoms with Crippen molar-refractivity contribution in [3.05, 3.63) is 84.4 Å². The summed E-state index contributed by atoms with van der Waals surface area (Å²) in [5.41, 5.74) is 2.00. The van der Waals surface area contributed by atoms with E-state index in [-0.39, 0.29) is 24.3 Å². The lowest BCUT2D eigenvalue weighted by Gasteiger charge is -2.38. The van der Waals surface area contributed by atoms with Gasteiger partial charge in [0.15, 0.2) is 11.9 Å². The van der Waals surface area contributed by atoms with E-state index in [0.29, 0.717) is 19.4 Å². The Labute approximate surface area is 178 Å². The molecule has 2 aromatic carbocycles. The minimum absolute atomic E-state index is 0.0518. The summed E-state index contributed by atoms with van der Waals surface area (Å²) in [7, 11) is 0. The van der Waals surface area contributed by atoms with E-state index >= 15 is 0 Å². The van der Waals surface area contributed by atoms with Gasteiger partial charge in [-0.1, -0.05) is 66.7 Å². The van der Waals surface area contributed by atoms with E-state index in [1.165, 1.54) is 0 Å². The number of cyclic esters (lactones) is 1. The van der Waals surface area contributed by atoms with Crippen molar-refractivity contribution >= 4 is 6.09 Å². The average molecular weight is 408 g/mol. The lowest BCUT2D eigenvalue weighted by atomic mass is 9.92. The van der Waals surface area contributed by atoms with Crippen molar-refractivity contribution in [1.29, 1.82) is 0 Å². The Morgan fingerprint density at radius 1 is 1.13 bits per heavy atom. The molecular weight excluding hydrogens is 378 g/mol. The smallest absolute Gasteiger partial charge is 0.411 e. The molecule has 1 amide bonds. The molecule has 2 saturated heterocycles. The summed E-state index contributed by atoms with van der Waals surface area (Å²) in [4.78, 5) is 15.1. The average Bonchev–Trinajstić information content (AvgIpc) is 3.26. The summed E-state index contributed by atoms with van der Waals surface area (Å²) in [6.07, 6.45) is 2.44. The van der Waals surface area contributed by atoms with Gasteiger partial charge in [0.1, 0.15) is 6.04 Å². The first-order chi connectivity index (χ1) is 14.6. The summed E-state index contributed by atoms with van der Waals surface area (Å²) in [6, 6.07) is 19.4. The summed E-state index contributed by atoms with van der Waals surface area (Å²) in [5, 5.41) is 0. The van der Waals surface area contributed by atoms with Crippen LogP contribution in [-0.4, -0.2) is 35.5 Å². The second kappa shape index (κ2) is 8.62. The quantitative estimate of drug-likeness (QED) is 0.576. The predicted molar refractivity (Wildman–Crippen MR) is 115 cm³/mol. The van der Waals surface area contributed by atoms with E-state index in [1.54, 1.807) is 0 Å². The third-order valence-electron chi connectivity index (χ3n) is 5.98. The summed E-state index contributed by atoms with van der Waals surface area (Å²) >= 11 is 0. The SMILES string of the molecule is C=CC[C@H]1C[C@@H](N2C(=O)O[C@@H](c3ccccc3)[C@H]2c2ccccc2)[C@](C)(OCC)O1. The molecule has 5 atom stereocenters. The molecule has 0 aromatic heterocycles. The Hall–Kier alpha value is -2.63. The lowest BCUT2D eigenvalue weighted by molar-refractivity contribution is -0.231. The molecule has 0 saturated carbocycles. The molecule has 0 spiro atoms. The molecule has 2 aliphatic rings. The molecule has 5 nitrogen and oxygen atoms in total. The van der Waals surface area contributed by atoms with Crippen LogP contribution in [0, 0.1) is 0 Å². The second-order valence-corrected chi connectivity index (χ2v) is 7.94. The van der Waals surface area contributed by atoms with Crippen LogP contribution in [0.4, 0.5) is 4.79 Å². The van der Waals surface area contributed by atoms with Crippen LogP contribution in [0.5, 0.6) is 0 Å². The maximum Gasteiger partial charge on any atom is 0.411 e. The molecule has 0 bridgehead atoms. The number of carbonyl (C=O) groups excluding carboxylic acids is 1. The fourth-order valence-corrected chi connectivity index (χ4v) is 4.73. The van der Waals surface area contributed by atoms with Crippen molar-refractivity contribution in [1.82, 2.24) is 4.90 Å². The second-order valence-electron chi connectivity index (χ2n) is 7.94. The maximum atomic E-state index is 13.3. The molecule has 0 aliphatic carbocycles. The van der Waals surface area contributed by atoms with Crippen molar-refractivity contribution in [2.45, 2.75) is 56.8 Å². The highest BCUT2D eigenvalue weighted by Gasteiger charge is 2.56. The molecule has 5 heteroatoms. The van der Waals surface area contributed by atoms with Gasteiger partial charge in [-0.25, -0.2) is 4.79 Å². The fraction of sp³-hybridized carbons (Fsp3) is 0.400. The molecule has 2 heterocycles. The minimum Gasteiger partial charge on any atom is -0.439 e. The van der Waals surface area contributed by atoms with Crippen LogP contribution >= 0.6 is 0 Å². The zero-order valence-electron chi connectivity index (χ0n) is 17.6. The molecule has 0 unspecified atom stereocenters. The number of benzene rings is 2. The van der Waals surface area contributed by atoms with E-state index in [9.17, 15) is 4.79 Å². The predicted octanol–water partition coefficient (Wildman–Crippen LogP) is 5.41. The first-order valence-corrected chi connectivity index (χ1v) is 10.6.